The molecule has 5 heterocycles. The second-order valence-corrected chi connectivity index (χ2v) is 8.33. The SMILES string of the molecule is Cc1cccc(C(=O)N2CCCC[C@@H]2c2cn3nc(N4CC[C@H](N)C4)ccc3n2)n1. The van der Waals surface area contributed by atoms with E-state index in [4.69, 9.17) is 15.8 Å². The van der Waals surface area contributed by atoms with Crippen LogP contribution in [0.5, 0.6) is 0 Å². The van der Waals surface area contributed by atoms with Crippen LogP contribution in [0.25, 0.3) is 5.65 Å². The van der Waals surface area contributed by atoms with Gasteiger partial charge in [-0.25, -0.2) is 14.5 Å². The van der Waals surface area contributed by atoms with E-state index in [0.717, 1.165) is 68.2 Å². The third kappa shape index (κ3) is 3.52. The van der Waals surface area contributed by atoms with E-state index in [1.807, 2.05) is 46.8 Å². The van der Waals surface area contributed by atoms with Gasteiger partial charge in [0.2, 0.25) is 0 Å². The summed E-state index contributed by atoms with van der Waals surface area (Å²) in [5.74, 6) is 0.889. The van der Waals surface area contributed by atoms with Crippen LogP contribution in [-0.4, -0.2) is 56.1 Å². The molecule has 0 saturated carbocycles. The van der Waals surface area contributed by atoms with Crippen molar-refractivity contribution >= 4 is 17.4 Å². The lowest BCUT2D eigenvalue weighted by Crippen LogP contribution is -2.39. The molecule has 2 N–H and O–H groups in total. The molecule has 30 heavy (non-hydrogen) atoms. The molecular weight excluding hydrogens is 378 g/mol. The summed E-state index contributed by atoms with van der Waals surface area (Å²) in [6.45, 7) is 4.38. The lowest BCUT2D eigenvalue weighted by molar-refractivity contribution is 0.0600. The standard InChI is InChI=1S/C22H27N7O/c1-15-5-4-6-17(24-15)22(30)28-11-3-2-7-19(28)18-14-29-20(25-18)8-9-21(26-29)27-12-10-16(23)13-27/h4-6,8-9,14,16,19H,2-3,7,10-13,23H2,1H3/t16-,19+/m0/s1. The molecule has 0 unspecified atom stereocenters. The van der Waals surface area contributed by atoms with Crippen LogP contribution in [0, 0.1) is 6.92 Å². The van der Waals surface area contributed by atoms with Crippen LogP contribution in [0.4, 0.5) is 5.82 Å². The van der Waals surface area contributed by atoms with E-state index in [-0.39, 0.29) is 18.0 Å². The number of nitrogens with zero attached hydrogens (tertiary/aromatic N) is 6. The minimum atomic E-state index is -0.0566. The minimum Gasteiger partial charge on any atom is -0.354 e. The summed E-state index contributed by atoms with van der Waals surface area (Å²) in [7, 11) is 0. The Hall–Kier alpha value is -3.00. The third-order valence-corrected chi connectivity index (χ3v) is 6.09. The zero-order valence-electron chi connectivity index (χ0n) is 17.2. The molecule has 0 bridgehead atoms. The van der Waals surface area contributed by atoms with Crippen LogP contribution < -0.4 is 10.6 Å². The first-order valence-electron chi connectivity index (χ1n) is 10.7. The van der Waals surface area contributed by atoms with Gasteiger partial charge >= 0.3 is 0 Å². The number of anilines is 1. The molecule has 0 aromatic carbocycles. The zero-order valence-corrected chi connectivity index (χ0v) is 17.2. The first kappa shape index (κ1) is 19.0. The highest BCUT2D eigenvalue weighted by Gasteiger charge is 2.31. The number of fused-ring (bicyclic) bond motifs is 1. The van der Waals surface area contributed by atoms with E-state index in [9.17, 15) is 4.79 Å². The fourth-order valence-electron chi connectivity index (χ4n) is 4.51. The lowest BCUT2D eigenvalue weighted by Gasteiger charge is -2.34. The van der Waals surface area contributed by atoms with Crippen molar-refractivity contribution < 1.29 is 4.79 Å². The van der Waals surface area contributed by atoms with Crippen molar-refractivity contribution in [2.24, 2.45) is 5.73 Å². The zero-order chi connectivity index (χ0) is 20.7. The van der Waals surface area contributed by atoms with E-state index >= 15 is 0 Å². The average Bonchev–Trinajstić information content (AvgIpc) is 3.38. The van der Waals surface area contributed by atoms with Crippen molar-refractivity contribution in [3.63, 3.8) is 0 Å². The van der Waals surface area contributed by atoms with Crippen molar-refractivity contribution in [1.29, 1.82) is 0 Å². The molecule has 0 aliphatic carbocycles. The van der Waals surface area contributed by atoms with E-state index in [1.54, 1.807) is 6.07 Å². The number of piperidine rings is 1. The minimum absolute atomic E-state index is 0.0276. The number of imidazole rings is 1. The molecule has 1 amide bonds. The Kier molecular flexibility index (Phi) is 4.86. The monoisotopic (exact) mass is 405 g/mol. The number of likely N-dealkylation sites (tertiary alicyclic amines) is 1. The predicted octanol–water partition coefficient (Wildman–Crippen LogP) is 2.34. The first-order valence-corrected chi connectivity index (χ1v) is 10.7. The molecule has 2 atom stereocenters. The predicted molar refractivity (Wildman–Crippen MR) is 114 cm³/mol. The average molecular weight is 406 g/mol. The molecule has 3 aromatic heterocycles. The maximum absolute atomic E-state index is 13.2. The van der Waals surface area contributed by atoms with Crippen LogP contribution in [0.3, 0.4) is 0 Å². The van der Waals surface area contributed by atoms with Crippen LogP contribution in [-0.2, 0) is 0 Å². The van der Waals surface area contributed by atoms with Gasteiger partial charge in [0, 0.05) is 31.4 Å². The van der Waals surface area contributed by atoms with Gasteiger partial charge in [-0.1, -0.05) is 6.07 Å². The van der Waals surface area contributed by atoms with Crippen molar-refractivity contribution in [2.75, 3.05) is 24.5 Å². The van der Waals surface area contributed by atoms with Crippen molar-refractivity contribution in [2.45, 2.75) is 44.7 Å². The normalized spacial score (nSPS) is 22.1. The number of amides is 1. The number of pyridine rings is 1. The Balaban J connectivity index is 1.44. The van der Waals surface area contributed by atoms with Crippen LogP contribution in [0.1, 0.15) is 53.6 Å². The van der Waals surface area contributed by atoms with Crippen molar-refractivity contribution in [3.8, 4) is 0 Å². The van der Waals surface area contributed by atoms with Crippen LogP contribution in [0.2, 0.25) is 0 Å². The van der Waals surface area contributed by atoms with E-state index in [0.29, 0.717) is 5.69 Å². The van der Waals surface area contributed by atoms with Gasteiger partial charge in [0.15, 0.2) is 5.65 Å². The third-order valence-electron chi connectivity index (χ3n) is 6.09. The molecule has 5 rings (SSSR count). The molecule has 156 valence electrons. The summed E-state index contributed by atoms with van der Waals surface area (Å²) in [6, 6.07) is 9.73. The molecule has 0 radical (unpaired) electrons. The molecule has 0 spiro atoms. The summed E-state index contributed by atoms with van der Waals surface area (Å²) in [6.07, 6.45) is 5.93. The molecule has 8 heteroatoms. The highest BCUT2D eigenvalue weighted by molar-refractivity contribution is 5.92. The molecule has 2 fully saturated rings. The fraction of sp³-hybridized carbons (Fsp3) is 0.455. The van der Waals surface area contributed by atoms with Gasteiger partial charge in [0.1, 0.15) is 11.5 Å². The number of hydrogen-bond acceptors (Lipinski definition) is 6. The largest absolute Gasteiger partial charge is 0.354 e. The second-order valence-electron chi connectivity index (χ2n) is 8.33. The van der Waals surface area contributed by atoms with Gasteiger partial charge in [-0.2, -0.15) is 0 Å². The molecule has 2 aliphatic rings. The molecule has 2 saturated heterocycles. The number of nitrogens with two attached hydrogens (primary N) is 1. The number of carbonyl (C=O) groups excluding carboxylic acids is 1. The van der Waals surface area contributed by atoms with Gasteiger partial charge in [-0.05, 0) is 56.9 Å². The van der Waals surface area contributed by atoms with Gasteiger partial charge in [-0.15, -0.1) is 5.10 Å². The highest BCUT2D eigenvalue weighted by Crippen LogP contribution is 2.32. The van der Waals surface area contributed by atoms with Crippen LogP contribution >= 0.6 is 0 Å². The van der Waals surface area contributed by atoms with Crippen LogP contribution in [0.15, 0.2) is 36.5 Å². The van der Waals surface area contributed by atoms with Crippen molar-refractivity contribution in [1.82, 2.24) is 24.5 Å². The Morgan fingerprint density at radius 1 is 1.10 bits per heavy atom. The summed E-state index contributed by atoms with van der Waals surface area (Å²) >= 11 is 0. The maximum Gasteiger partial charge on any atom is 0.273 e. The van der Waals surface area contributed by atoms with Gasteiger partial charge in [0.25, 0.3) is 5.91 Å². The second kappa shape index (κ2) is 7.68. The summed E-state index contributed by atoms with van der Waals surface area (Å²) in [5.41, 5.74) is 9.07. The molecule has 3 aromatic rings. The van der Waals surface area contributed by atoms with Gasteiger partial charge in [-0.3, -0.25) is 4.79 Å². The Labute approximate surface area is 175 Å². The van der Waals surface area contributed by atoms with E-state index < -0.39 is 0 Å². The number of rotatable bonds is 3. The number of hydrogen-bond donors (Lipinski definition) is 1. The van der Waals surface area contributed by atoms with Gasteiger partial charge < -0.3 is 15.5 Å². The molecule has 8 nitrogen and oxygen atoms in total. The topological polar surface area (TPSA) is 92.7 Å². The van der Waals surface area contributed by atoms with Gasteiger partial charge in [0.05, 0.1) is 17.9 Å². The number of aromatic nitrogens is 4. The molecule has 2 aliphatic heterocycles. The highest BCUT2D eigenvalue weighted by atomic mass is 16.2. The maximum atomic E-state index is 13.2. The van der Waals surface area contributed by atoms with E-state index in [1.165, 1.54) is 0 Å². The lowest BCUT2D eigenvalue weighted by atomic mass is 9.99. The summed E-state index contributed by atoms with van der Waals surface area (Å²) < 4.78 is 1.83. The number of carbonyl (C=O) groups is 1. The van der Waals surface area contributed by atoms with E-state index in [2.05, 4.69) is 9.88 Å². The first-order chi connectivity index (χ1) is 14.6. The summed E-state index contributed by atoms with van der Waals surface area (Å²) in [5, 5.41) is 4.76. The Morgan fingerprint density at radius 3 is 2.80 bits per heavy atom. The van der Waals surface area contributed by atoms with Crippen molar-refractivity contribution in [3.05, 3.63) is 53.6 Å². The molecular formula is C22H27N7O. The number of aryl methyl sites for hydroxylation is 1. The Morgan fingerprint density at radius 2 is 2.00 bits per heavy atom. The quantitative estimate of drug-likeness (QED) is 0.719. The smallest absolute Gasteiger partial charge is 0.273 e. The fourth-order valence-corrected chi connectivity index (χ4v) is 4.51. The summed E-state index contributed by atoms with van der Waals surface area (Å²) in [4.78, 5) is 26.6. The Bertz CT molecular complexity index is 1080.